The van der Waals surface area contributed by atoms with E-state index in [-0.39, 0.29) is 33.9 Å². The van der Waals surface area contributed by atoms with E-state index in [1.807, 2.05) is 24.3 Å². The van der Waals surface area contributed by atoms with Crippen LogP contribution in [0.25, 0.3) is 10.1 Å². The van der Waals surface area contributed by atoms with Gasteiger partial charge in [0.2, 0.25) is 11.8 Å². The fraction of sp³-hybridized carbons (Fsp3) is 0.143. The number of sulfonamides is 1. The van der Waals surface area contributed by atoms with E-state index in [1.165, 1.54) is 18.2 Å². The molecule has 0 aliphatic carbocycles. The number of hydrogen-bond donors (Lipinski definition) is 2. The number of nitrogens with one attached hydrogen (secondary N) is 2. The van der Waals surface area contributed by atoms with Crippen molar-refractivity contribution in [1.82, 2.24) is 10.2 Å². The number of amides is 4. The zero-order valence-corrected chi connectivity index (χ0v) is 18.0. The number of piperidine rings is 1. The van der Waals surface area contributed by atoms with Gasteiger partial charge in [0.1, 0.15) is 10.3 Å². The first kappa shape index (κ1) is 20.3. The van der Waals surface area contributed by atoms with E-state index in [4.69, 9.17) is 0 Å². The molecule has 2 aliphatic heterocycles. The Bertz CT molecular complexity index is 1410. The molecule has 1 atom stereocenters. The maximum Gasteiger partial charge on any atom is 0.271 e. The quantitative estimate of drug-likeness (QED) is 0.563. The summed E-state index contributed by atoms with van der Waals surface area (Å²) < 4.78 is 29.1. The highest BCUT2D eigenvalue weighted by Gasteiger charge is 2.44. The Kier molecular flexibility index (Phi) is 4.60. The number of nitrogens with zero attached hydrogens (tertiary/aromatic N) is 1. The van der Waals surface area contributed by atoms with Crippen LogP contribution in [0.5, 0.6) is 0 Å². The second-order valence-electron chi connectivity index (χ2n) is 7.42. The normalized spacial score (nSPS) is 18.8. The van der Waals surface area contributed by atoms with E-state index in [0.717, 1.165) is 26.3 Å². The summed E-state index contributed by atoms with van der Waals surface area (Å²) in [5.41, 5.74) is 0.188. The Morgan fingerprint density at radius 3 is 2.47 bits per heavy atom. The summed E-state index contributed by atoms with van der Waals surface area (Å²) in [5, 5.41) is 2.93. The molecule has 3 aromatic rings. The number of hydrogen-bond acceptors (Lipinski definition) is 7. The lowest BCUT2D eigenvalue weighted by Gasteiger charge is -2.27. The molecule has 5 rings (SSSR count). The summed E-state index contributed by atoms with van der Waals surface area (Å²) in [6.07, 6.45) is 0.0611. The molecule has 1 aromatic heterocycles. The molecule has 162 valence electrons. The van der Waals surface area contributed by atoms with Gasteiger partial charge in [0.15, 0.2) is 0 Å². The van der Waals surface area contributed by atoms with Crippen molar-refractivity contribution >= 4 is 60.8 Å². The Labute approximate surface area is 186 Å². The lowest BCUT2D eigenvalue weighted by atomic mass is 10.0. The molecule has 4 amide bonds. The molecule has 0 bridgehead atoms. The van der Waals surface area contributed by atoms with Crippen LogP contribution in [-0.2, 0) is 19.6 Å². The van der Waals surface area contributed by atoms with E-state index >= 15 is 0 Å². The standard InChI is InChI=1S/C21H15N3O6S2/c25-17-8-7-15(19(26)22-17)24-20(27)13-6-5-12(10-14(13)21(24)28)23-32(29,30)18-9-11-3-1-2-4-16(11)31-18/h1-6,9-10,15,23H,7-8H2,(H,22,25,26). The fourth-order valence-electron chi connectivity index (χ4n) is 3.83. The number of rotatable bonds is 4. The molecule has 1 fully saturated rings. The fourth-order valence-corrected chi connectivity index (χ4v) is 6.28. The van der Waals surface area contributed by atoms with Crippen molar-refractivity contribution in [2.24, 2.45) is 0 Å². The molecule has 32 heavy (non-hydrogen) atoms. The molecule has 11 heteroatoms. The van der Waals surface area contributed by atoms with E-state index in [2.05, 4.69) is 10.0 Å². The van der Waals surface area contributed by atoms with Gasteiger partial charge < -0.3 is 0 Å². The minimum Gasteiger partial charge on any atom is -0.295 e. The van der Waals surface area contributed by atoms with Gasteiger partial charge in [-0.1, -0.05) is 18.2 Å². The first-order valence-electron chi connectivity index (χ1n) is 9.61. The highest BCUT2D eigenvalue weighted by Crippen LogP contribution is 2.32. The molecular weight excluding hydrogens is 454 g/mol. The minimum absolute atomic E-state index is 0.00348. The van der Waals surface area contributed by atoms with Gasteiger partial charge in [-0.15, -0.1) is 11.3 Å². The average molecular weight is 470 g/mol. The lowest BCUT2D eigenvalue weighted by molar-refractivity contribution is -0.136. The maximum atomic E-state index is 12.9. The number of carbonyl (C=O) groups is 4. The van der Waals surface area contributed by atoms with E-state index in [9.17, 15) is 27.6 Å². The molecule has 2 aromatic carbocycles. The van der Waals surface area contributed by atoms with Crippen LogP contribution >= 0.6 is 11.3 Å². The largest absolute Gasteiger partial charge is 0.295 e. The van der Waals surface area contributed by atoms with Gasteiger partial charge in [0.05, 0.1) is 11.1 Å². The molecule has 0 radical (unpaired) electrons. The van der Waals surface area contributed by atoms with Crippen LogP contribution < -0.4 is 10.0 Å². The molecule has 3 heterocycles. The number of imide groups is 2. The second-order valence-corrected chi connectivity index (χ2v) is 10.4. The third-order valence-corrected chi connectivity index (χ3v) is 8.33. The van der Waals surface area contributed by atoms with Crippen molar-refractivity contribution in [3.05, 3.63) is 59.7 Å². The maximum absolute atomic E-state index is 12.9. The third-order valence-electron chi connectivity index (χ3n) is 5.36. The topological polar surface area (TPSA) is 130 Å². The van der Waals surface area contributed by atoms with Crippen molar-refractivity contribution in [3.63, 3.8) is 0 Å². The van der Waals surface area contributed by atoms with Gasteiger partial charge in [-0.05, 0) is 42.1 Å². The van der Waals surface area contributed by atoms with E-state index < -0.39 is 39.7 Å². The lowest BCUT2D eigenvalue weighted by Crippen LogP contribution is -2.54. The molecule has 0 saturated carbocycles. The first-order valence-corrected chi connectivity index (χ1v) is 11.9. The predicted molar refractivity (Wildman–Crippen MR) is 116 cm³/mol. The number of carbonyl (C=O) groups excluding carboxylic acids is 4. The first-order chi connectivity index (χ1) is 15.2. The number of benzene rings is 2. The number of anilines is 1. The summed E-state index contributed by atoms with van der Waals surface area (Å²) in [6.45, 7) is 0. The summed E-state index contributed by atoms with van der Waals surface area (Å²) in [4.78, 5) is 50.0. The molecule has 0 spiro atoms. The van der Waals surface area contributed by atoms with Crippen molar-refractivity contribution in [2.75, 3.05) is 4.72 Å². The van der Waals surface area contributed by atoms with Gasteiger partial charge in [-0.25, -0.2) is 8.42 Å². The van der Waals surface area contributed by atoms with E-state index in [1.54, 1.807) is 6.07 Å². The number of fused-ring (bicyclic) bond motifs is 2. The molecule has 9 nitrogen and oxygen atoms in total. The summed E-state index contributed by atoms with van der Waals surface area (Å²) >= 11 is 1.12. The third kappa shape index (κ3) is 3.26. The molecule has 2 aliphatic rings. The van der Waals surface area contributed by atoms with Crippen molar-refractivity contribution in [3.8, 4) is 0 Å². The SMILES string of the molecule is O=C1CCC(N2C(=O)c3ccc(NS(=O)(=O)c4cc5ccccc5s4)cc3C2=O)C(=O)N1. The highest BCUT2D eigenvalue weighted by atomic mass is 32.2. The Morgan fingerprint density at radius 2 is 1.72 bits per heavy atom. The van der Waals surface area contributed by atoms with Crippen molar-refractivity contribution < 1.29 is 27.6 Å². The Morgan fingerprint density at radius 1 is 0.969 bits per heavy atom. The van der Waals surface area contributed by atoms with Gasteiger partial charge in [-0.2, -0.15) is 0 Å². The molecule has 1 unspecified atom stereocenters. The predicted octanol–water partition coefficient (Wildman–Crippen LogP) is 2.10. The summed E-state index contributed by atoms with van der Waals surface area (Å²) in [5.74, 6) is -2.52. The number of thiophene rings is 1. The van der Waals surface area contributed by atoms with Gasteiger partial charge in [-0.3, -0.25) is 34.1 Å². The summed E-state index contributed by atoms with van der Waals surface area (Å²) in [7, 11) is -3.92. The van der Waals surface area contributed by atoms with Gasteiger partial charge >= 0.3 is 0 Å². The zero-order chi connectivity index (χ0) is 22.6. The van der Waals surface area contributed by atoms with Crippen LogP contribution in [0.4, 0.5) is 5.69 Å². The van der Waals surface area contributed by atoms with Crippen LogP contribution in [0.15, 0.2) is 52.7 Å². The van der Waals surface area contributed by atoms with Crippen LogP contribution in [0.2, 0.25) is 0 Å². The van der Waals surface area contributed by atoms with Crippen LogP contribution in [-0.4, -0.2) is 43.0 Å². The van der Waals surface area contributed by atoms with Gasteiger partial charge in [0.25, 0.3) is 21.8 Å². The molecule has 2 N–H and O–H groups in total. The van der Waals surface area contributed by atoms with Crippen LogP contribution in [0.3, 0.4) is 0 Å². The second kappa shape index (κ2) is 7.24. The Hall–Kier alpha value is -3.57. The van der Waals surface area contributed by atoms with Crippen LogP contribution in [0, 0.1) is 0 Å². The monoisotopic (exact) mass is 469 g/mol. The molecular formula is C21H15N3O6S2. The van der Waals surface area contributed by atoms with Crippen LogP contribution in [0.1, 0.15) is 33.6 Å². The minimum atomic E-state index is -3.92. The van der Waals surface area contributed by atoms with Crippen molar-refractivity contribution in [2.45, 2.75) is 23.1 Å². The average Bonchev–Trinajstić information content (AvgIpc) is 3.29. The zero-order valence-electron chi connectivity index (χ0n) is 16.3. The summed E-state index contributed by atoms with van der Waals surface area (Å²) in [6, 6.07) is 11.8. The highest BCUT2D eigenvalue weighted by molar-refractivity contribution is 7.94. The smallest absolute Gasteiger partial charge is 0.271 e. The van der Waals surface area contributed by atoms with Crippen molar-refractivity contribution in [1.29, 1.82) is 0 Å². The molecule has 1 saturated heterocycles. The van der Waals surface area contributed by atoms with Gasteiger partial charge in [0, 0.05) is 16.8 Å². The van der Waals surface area contributed by atoms with E-state index in [0.29, 0.717) is 0 Å². The Balaban J connectivity index is 1.43.